The van der Waals surface area contributed by atoms with Crippen molar-refractivity contribution in [3.63, 3.8) is 0 Å². The molecule has 2 nitrogen and oxygen atoms in total. The number of furan rings is 1. The average Bonchev–Trinajstić information content (AvgIpc) is 2.62. The van der Waals surface area contributed by atoms with Crippen molar-refractivity contribution in [2.24, 2.45) is 5.41 Å². The number of benzene rings is 1. The minimum atomic E-state index is -0.223. The molecule has 3 heteroatoms. The van der Waals surface area contributed by atoms with Gasteiger partial charge in [-0.05, 0) is 37.1 Å². The zero-order chi connectivity index (χ0) is 14.2. The minimum absolute atomic E-state index is 0.0349. The number of hydrogen-bond donors (Lipinski definition) is 1. The molecule has 0 spiro atoms. The molecule has 1 aromatic heterocycles. The first kappa shape index (κ1) is 14.1. The molecule has 104 valence electrons. The topological polar surface area (TPSA) is 25.2 Å². The highest BCUT2D eigenvalue weighted by atomic mass is 19.1. The largest absolute Gasteiger partial charge is 0.459 e. The van der Waals surface area contributed by atoms with Crippen LogP contribution in [0.15, 0.2) is 22.6 Å². The average molecular weight is 263 g/mol. The van der Waals surface area contributed by atoms with Crippen molar-refractivity contribution in [2.75, 3.05) is 6.54 Å². The first-order valence-electron chi connectivity index (χ1n) is 6.76. The molecule has 1 N–H and O–H groups in total. The summed E-state index contributed by atoms with van der Waals surface area (Å²) in [4.78, 5) is 0. The molecule has 0 aliphatic carbocycles. The quantitative estimate of drug-likeness (QED) is 0.877. The number of hydrogen-bond acceptors (Lipinski definition) is 2. The van der Waals surface area contributed by atoms with E-state index in [-0.39, 0.29) is 17.3 Å². The van der Waals surface area contributed by atoms with Crippen LogP contribution in [-0.4, -0.2) is 6.54 Å². The number of halogens is 1. The van der Waals surface area contributed by atoms with Gasteiger partial charge >= 0.3 is 0 Å². The molecule has 1 unspecified atom stereocenters. The Hall–Kier alpha value is -1.35. The van der Waals surface area contributed by atoms with Crippen molar-refractivity contribution < 1.29 is 8.81 Å². The molecular weight excluding hydrogens is 241 g/mol. The molecule has 0 aliphatic heterocycles. The smallest absolute Gasteiger partial charge is 0.134 e. The monoisotopic (exact) mass is 263 g/mol. The van der Waals surface area contributed by atoms with Gasteiger partial charge in [-0.25, -0.2) is 4.39 Å². The van der Waals surface area contributed by atoms with Crippen LogP contribution in [0.3, 0.4) is 0 Å². The van der Waals surface area contributed by atoms with E-state index in [9.17, 15) is 4.39 Å². The lowest BCUT2D eigenvalue weighted by Crippen LogP contribution is -2.32. The van der Waals surface area contributed by atoms with Gasteiger partial charge in [0, 0.05) is 10.9 Å². The molecular formula is C16H22FNO. The summed E-state index contributed by atoms with van der Waals surface area (Å²) in [6.07, 6.45) is 0. The van der Waals surface area contributed by atoms with Crippen LogP contribution in [0, 0.1) is 18.2 Å². The third-order valence-electron chi connectivity index (χ3n) is 3.47. The summed E-state index contributed by atoms with van der Waals surface area (Å²) in [7, 11) is 0. The summed E-state index contributed by atoms with van der Waals surface area (Å²) in [5, 5.41) is 4.33. The lowest BCUT2D eigenvalue weighted by atomic mass is 9.84. The van der Waals surface area contributed by atoms with Gasteiger partial charge in [0.2, 0.25) is 0 Å². The number of aryl methyl sites for hydroxylation is 1. The Morgan fingerprint density at radius 2 is 2.00 bits per heavy atom. The third-order valence-corrected chi connectivity index (χ3v) is 3.47. The second-order valence-corrected chi connectivity index (χ2v) is 6.09. The molecule has 1 aromatic carbocycles. The van der Waals surface area contributed by atoms with Crippen LogP contribution in [-0.2, 0) is 0 Å². The van der Waals surface area contributed by atoms with Crippen LogP contribution in [0.4, 0.5) is 4.39 Å². The highest BCUT2D eigenvalue weighted by molar-refractivity contribution is 5.82. The van der Waals surface area contributed by atoms with Gasteiger partial charge in [-0.3, -0.25) is 0 Å². The molecule has 0 saturated carbocycles. The summed E-state index contributed by atoms with van der Waals surface area (Å²) in [6.45, 7) is 11.5. The van der Waals surface area contributed by atoms with Crippen molar-refractivity contribution in [1.29, 1.82) is 0 Å². The maximum absolute atomic E-state index is 13.4. The third kappa shape index (κ3) is 2.66. The normalized spacial score (nSPS) is 14.0. The Morgan fingerprint density at radius 3 is 2.58 bits per heavy atom. The molecule has 0 radical (unpaired) electrons. The summed E-state index contributed by atoms with van der Waals surface area (Å²) < 4.78 is 19.3. The summed E-state index contributed by atoms with van der Waals surface area (Å²) in [6, 6.07) is 4.80. The van der Waals surface area contributed by atoms with Crippen molar-refractivity contribution in [3.05, 3.63) is 35.3 Å². The van der Waals surface area contributed by atoms with Crippen molar-refractivity contribution in [1.82, 2.24) is 5.32 Å². The molecule has 0 fully saturated rings. The van der Waals surface area contributed by atoms with Gasteiger partial charge in [0.05, 0.1) is 6.04 Å². The zero-order valence-corrected chi connectivity index (χ0v) is 12.3. The van der Waals surface area contributed by atoms with Gasteiger partial charge in [0.25, 0.3) is 0 Å². The van der Waals surface area contributed by atoms with Crippen LogP contribution in [0.1, 0.15) is 45.1 Å². The molecule has 0 bridgehead atoms. The molecule has 1 heterocycles. The fraction of sp³-hybridized carbons (Fsp3) is 0.500. The van der Waals surface area contributed by atoms with E-state index in [2.05, 4.69) is 33.0 Å². The Morgan fingerprint density at radius 1 is 1.32 bits per heavy atom. The second kappa shape index (κ2) is 4.97. The van der Waals surface area contributed by atoms with Crippen molar-refractivity contribution >= 4 is 11.0 Å². The number of nitrogens with one attached hydrogen (secondary N) is 1. The molecule has 0 saturated heterocycles. The standard InChI is InChI=1S/C16H22FNO/c1-6-18-15(16(3,4)5)14-10(2)12-9-11(17)7-8-13(12)19-14/h7-9,15,18H,6H2,1-5H3. The van der Waals surface area contributed by atoms with Crippen LogP contribution >= 0.6 is 0 Å². The molecule has 0 amide bonds. The van der Waals surface area contributed by atoms with E-state index < -0.39 is 0 Å². The number of rotatable bonds is 3. The Balaban J connectivity index is 2.57. The highest BCUT2D eigenvalue weighted by Crippen LogP contribution is 2.38. The fourth-order valence-electron chi connectivity index (χ4n) is 2.48. The second-order valence-electron chi connectivity index (χ2n) is 6.09. The summed E-state index contributed by atoms with van der Waals surface area (Å²) >= 11 is 0. The molecule has 0 aliphatic rings. The highest BCUT2D eigenvalue weighted by Gasteiger charge is 2.30. The summed E-state index contributed by atoms with van der Waals surface area (Å²) in [5.74, 6) is 0.689. The molecule has 2 aromatic rings. The lowest BCUT2D eigenvalue weighted by Gasteiger charge is -2.30. The van der Waals surface area contributed by atoms with Crippen LogP contribution in [0.2, 0.25) is 0 Å². The Bertz CT molecular complexity index is 580. The van der Waals surface area contributed by atoms with Crippen molar-refractivity contribution in [2.45, 2.75) is 40.7 Å². The van der Waals surface area contributed by atoms with Gasteiger partial charge in [-0.15, -0.1) is 0 Å². The maximum Gasteiger partial charge on any atom is 0.134 e. The SMILES string of the molecule is CCNC(c1oc2ccc(F)cc2c1C)C(C)(C)C. The molecule has 1 atom stereocenters. The van der Waals surface area contributed by atoms with E-state index in [0.29, 0.717) is 0 Å². The lowest BCUT2D eigenvalue weighted by molar-refractivity contribution is 0.243. The van der Waals surface area contributed by atoms with Gasteiger partial charge in [0.15, 0.2) is 0 Å². The van der Waals surface area contributed by atoms with E-state index in [0.717, 1.165) is 28.8 Å². The predicted molar refractivity (Wildman–Crippen MR) is 76.8 cm³/mol. The maximum atomic E-state index is 13.4. The first-order valence-corrected chi connectivity index (χ1v) is 6.76. The number of fused-ring (bicyclic) bond motifs is 1. The van der Waals surface area contributed by atoms with E-state index in [1.807, 2.05) is 6.92 Å². The van der Waals surface area contributed by atoms with Crippen LogP contribution in [0.5, 0.6) is 0 Å². The summed E-state index contributed by atoms with van der Waals surface area (Å²) in [5.41, 5.74) is 1.81. The molecule has 2 rings (SSSR count). The van der Waals surface area contributed by atoms with E-state index in [1.54, 1.807) is 12.1 Å². The van der Waals surface area contributed by atoms with E-state index in [4.69, 9.17) is 4.42 Å². The zero-order valence-electron chi connectivity index (χ0n) is 12.3. The van der Waals surface area contributed by atoms with E-state index in [1.165, 1.54) is 6.07 Å². The van der Waals surface area contributed by atoms with Gasteiger partial charge in [0.1, 0.15) is 17.2 Å². The van der Waals surface area contributed by atoms with Gasteiger partial charge < -0.3 is 9.73 Å². The Labute approximate surface area is 114 Å². The Kier molecular flexibility index (Phi) is 3.68. The van der Waals surface area contributed by atoms with E-state index >= 15 is 0 Å². The van der Waals surface area contributed by atoms with Gasteiger partial charge in [-0.1, -0.05) is 27.7 Å². The van der Waals surface area contributed by atoms with Crippen LogP contribution < -0.4 is 5.32 Å². The minimum Gasteiger partial charge on any atom is -0.459 e. The fourth-order valence-corrected chi connectivity index (χ4v) is 2.48. The van der Waals surface area contributed by atoms with Crippen molar-refractivity contribution in [3.8, 4) is 0 Å². The van der Waals surface area contributed by atoms with Crippen LogP contribution in [0.25, 0.3) is 11.0 Å². The molecule has 19 heavy (non-hydrogen) atoms. The predicted octanol–water partition coefficient (Wildman–Crippen LogP) is 4.58. The van der Waals surface area contributed by atoms with Gasteiger partial charge in [-0.2, -0.15) is 0 Å². The first-order chi connectivity index (χ1) is 8.84.